The molecule has 1 aromatic heterocycles. The van der Waals surface area contributed by atoms with Crippen LogP contribution in [0.2, 0.25) is 0 Å². The molecule has 0 aliphatic carbocycles. The molecule has 2 unspecified atom stereocenters. The average molecular weight is 419 g/mol. The van der Waals surface area contributed by atoms with Crippen LogP contribution in [0.25, 0.3) is 10.2 Å². The van der Waals surface area contributed by atoms with Gasteiger partial charge in [-0.15, -0.1) is 0 Å². The van der Waals surface area contributed by atoms with Gasteiger partial charge in [-0.05, 0) is 59.2 Å². The van der Waals surface area contributed by atoms with Crippen molar-refractivity contribution >= 4 is 38.7 Å². The maximum Gasteiger partial charge on any atom is 0.407 e. The molecule has 0 bridgehead atoms. The highest BCUT2D eigenvalue weighted by Crippen LogP contribution is 2.26. The lowest BCUT2D eigenvalue weighted by Crippen LogP contribution is -2.54. The monoisotopic (exact) mass is 418 g/mol. The number of hydrogen-bond donors (Lipinski definition) is 2. The molecule has 1 aliphatic rings. The van der Waals surface area contributed by atoms with Gasteiger partial charge in [0, 0.05) is 12.1 Å². The van der Waals surface area contributed by atoms with Crippen molar-refractivity contribution in [2.45, 2.75) is 64.6 Å². The third-order valence-electron chi connectivity index (χ3n) is 4.87. The molecule has 1 aromatic carbocycles. The molecule has 2 heterocycles. The number of nitrogens with zero attached hydrogens (tertiary/aromatic N) is 2. The maximum atomic E-state index is 12.6. The fraction of sp³-hybridized carbons (Fsp3) is 0.571. The highest BCUT2D eigenvalue weighted by Gasteiger charge is 2.30. The van der Waals surface area contributed by atoms with Crippen molar-refractivity contribution in [1.82, 2.24) is 15.2 Å². The number of fused-ring (bicyclic) bond motifs is 1. The summed E-state index contributed by atoms with van der Waals surface area (Å²) in [6, 6.07) is 7.81. The Morgan fingerprint density at radius 3 is 2.79 bits per heavy atom. The Kier molecular flexibility index (Phi) is 6.74. The van der Waals surface area contributed by atoms with Gasteiger partial charge in [0.15, 0.2) is 5.13 Å². The Morgan fingerprint density at radius 2 is 2.07 bits per heavy atom. The average Bonchev–Trinajstić information content (AvgIpc) is 3.02. The van der Waals surface area contributed by atoms with Crippen molar-refractivity contribution in [2.75, 3.05) is 18.4 Å². The first-order valence-corrected chi connectivity index (χ1v) is 10.9. The summed E-state index contributed by atoms with van der Waals surface area (Å²) in [6.07, 6.45) is 2.64. The quantitative estimate of drug-likeness (QED) is 0.767. The van der Waals surface area contributed by atoms with E-state index in [1.165, 1.54) is 11.3 Å². The summed E-state index contributed by atoms with van der Waals surface area (Å²) in [4.78, 5) is 31.4. The first-order valence-electron chi connectivity index (χ1n) is 10.1. The summed E-state index contributed by atoms with van der Waals surface area (Å²) in [5.41, 5.74) is 0.353. The van der Waals surface area contributed by atoms with E-state index in [-0.39, 0.29) is 24.5 Å². The second-order valence-electron chi connectivity index (χ2n) is 8.50. The molecule has 2 atom stereocenters. The van der Waals surface area contributed by atoms with Crippen LogP contribution in [0.4, 0.5) is 9.93 Å². The van der Waals surface area contributed by atoms with E-state index in [4.69, 9.17) is 4.74 Å². The van der Waals surface area contributed by atoms with Crippen molar-refractivity contribution in [2.24, 2.45) is 0 Å². The number of aromatic nitrogens is 1. The van der Waals surface area contributed by atoms with E-state index in [2.05, 4.69) is 20.5 Å². The van der Waals surface area contributed by atoms with Crippen LogP contribution in [0.3, 0.4) is 0 Å². The first kappa shape index (κ1) is 21.5. The standard InChI is InChI=1S/C21H30N4O3S/c1-14(22-20(27)28-21(2,3)4)16-10-7-8-12-25(16)13-18(26)24-19-23-15-9-5-6-11-17(15)29-19/h5-6,9,11,14,16H,7-8,10,12-13H2,1-4H3,(H,22,27)(H,23,24,26). The van der Waals surface area contributed by atoms with Gasteiger partial charge in [0.2, 0.25) is 5.91 Å². The third kappa shape index (κ3) is 6.14. The van der Waals surface area contributed by atoms with Crippen LogP contribution in [0, 0.1) is 0 Å². The number of piperidine rings is 1. The van der Waals surface area contributed by atoms with Crippen LogP contribution in [-0.4, -0.2) is 52.7 Å². The second kappa shape index (κ2) is 9.09. The zero-order chi connectivity index (χ0) is 21.0. The highest BCUT2D eigenvalue weighted by atomic mass is 32.1. The molecule has 0 radical (unpaired) electrons. The minimum absolute atomic E-state index is 0.0829. The normalized spacial score (nSPS) is 19.0. The number of anilines is 1. The maximum absolute atomic E-state index is 12.6. The fourth-order valence-corrected chi connectivity index (χ4v) is 4.52. The van der Waals surface area contributed by atoms with Gasteiger partial charge >= 0.3 is 6.09 Å². The number of para-hydroxylation sites is 1. The zero-order valence-electron chi connectivity index (χ0n) is 17.5. The van der Waals surface area contributed by atoms with Crippen LogP contribution in [0.1, 0.15) is 47.0 Å². The van der Waals surface area contributed by atoms with Gasteiger partial charge in [-0.3, -0.25) is 9.69 Å². The number of amides is 2. The van der Waals surface area contributed by atoms with Gasteiger partial charge in [0.05, 0.1) is 16.8 Å². The van der Waals surface area contributed by atoms with Crippen LogP contribution in [0.15, 0.2) is 24.3 Å². The highest BCUT2D eigenvalue weighted by molar-refractivity contribution is 7.22. The topological polar surface area (TPSA) is 83.6 Å². The third-order valence-corrected chi connectivity index (χ3v) is 5.82. The van der Waals surface area contributed by atoms with Gasteiger partial charge in [0.25, 0.3) is 0 Å². The summed E-state index contributed by atoms with van der Waals surface area (Å²) in [7, 11) is 0. The van der Waals surface area contributed by atoms with E-state index in [1.54, 1.807) is 0 Å². The summed E-state index contributed by atoms with van der Waals surface area (Å²) in [6.45, 7) is 8.61. The molecule has 2 amide bonds. The number of nitrogens with one attached hydrogen (secondary N) is 2. The van der Waals surface area contributed by atoms with Crippen molar-refractivity contribution in [1.29, 1.82) is 0 Å². The number of thiazole rings is 1. The fourth-order valence-electron chi connectivity index (χ4n) is 3.64. The smallest absolute Gasteiger partial charge is 0.407 e. The Balaban J connectivity index is 1.58. The molecule has 1 aliphatic heterocycles. The molecular weight excluding hydrogens is 388 g/mol. The first-order chi connectivity index (χ1) is 13.7. The van der Waals surface area contributed by atoms with E-state index in [1.807, 2.05) is 52.0 Å². The molecule has 29 heavy (non-hydrogen) atoms. The molecule has 3 rings (SSSR count). The van der Waals surface area contributed by atoms with E-state index < -0.39 is 11.7 Å². The van der Waals surface area contributed by atoms with Crippen molar-refractivity contribution < 1.29 is 14.3 Å². The Morgan fingerprint density at radius 1 is 1.31 bits per heavy atom. The van der Waals surface area contributed by atoms with Gasteiger partial charge in [0.1, 0.15) is 5.60 Å². The minimum atomic E-state index is -0.535. The summed E-state index contributed by atoms with van der Waals surface area (Å²) in [5, 5.41) is 6.47. The molecule has 8 heteroatoms. The second-order valence-corrected chi connectivity index (χ2v) is 9.53. The van der Waals surface area contributed by atoms with Gasteiger partial charge in [-0.1, -0.05) is 29.9 Å². The summed E-state index contributed by atoms with van der Waals surface area (Å²) < 4.78 is 6.42. The Labute approximate surface area is 175 Å². The van der Waals surface area contributed by atoms with Crippen LogP contribution < -0.4 is 10.6 Å². The molecule has 7 nitrogen and oxygen atoms in total. The van der Waals surface area contributed by atoms with E-state index in [0.717, 1.165) is 36.0 Å². The molecule has 1 saturated heterocycles. The number of likely N-dealkylation sites (tertiary alicyclic amines) is 1. The van der Waals surface area contributed by atoms with E-state index in [0.29, 0.717) is 5.13 Å². The van der Waals surface area contributed by atoms with Crippen molar-refractivity contribution in [3.8, 4) is 0 Å². The number of carbonyl (C=O) groups excluding carboxylic acids is 2. The summed E-state index contributed by atoms with van der Waals surface area (Å²) in [5.74, 6) is -0.0829. The predicted octanol–water partition coefficient (Wildman–Crippen LogP) is 4.00. The predicted molar refractivity (Wildman–Crippen MR) is 116 cm³/mol. The number of hydrogen-bond acceptors (Lipinski definition) is 6. The number of ether oxygens (including phenoxy) is 1. The molecule has 1 fully saturated rings. The molecule has 0 saturated carbocycles. The number of rotatable bonds is 5. The van der Waals surface area contributed by atoms with Gasteiger partial charge < -0.3 is 15.4 Å². The van der Waals surface area contributed by atoms with Crippen LogP contribution in [-0.2, 0) is 9.53 Å². The largest absolute Gasteiger partial charge is 0.444 e. The van der Waals surface area contributed by atoms with Crippen LogP contribution in [0.5, 0.6) is 0 Å². The molecular formula is C21H30N4O3S. The SMILES string of the molecule is CC(NC(=O)OC(C)(C)C)C1CCCCN1CC(=O)Nc1nc2ccccc2s1. The Hall–Kier alpha value is -2.19. The Bertz CT molecular complexity index is 828. The van der Waals surface area contributed by atoms with Crippen molar-refractivity contribution in [3.05, 3.63) is 24.3 Å². The number of benzene rings is 1. The van der Waals surface area contributed by atoms with Crippen molar-refractivity contribution in [3.63, 3.8) is 0 Å². The lowest BCUT2D eigenvalue weighted by Gasteiger charge is -2.39. The summed E-state index contributed by atoms with van der Waals surface area (Å²) >= 11 is 1.47. The number of carbonyl (C=O) groups is 2. The number of alkyl carbamates (subject to hydrolysis) is 1. The van der Waals surface area contributed by atoms with Gasteiger partial charge in [-0.25, -0.2) is 9.78 Å². The molecule has 2 aromatic rings. The molecule has 158 valence electrons. The lowest BCUT2D eigenvalue weighted by atomic mass is 9.96. The van der Waals surface area contributed by atoms with E-state index >= 15 is 0 Å². The molecule has 0 spiro atoms. The molecule has 2 N–H and O–H groups in total. The lowest BCUT2D eigenvalue weighted by molar-refractivity contribution is -0.118. The van der Waals surface area contributed by atoms with Crippen LogP contribution >= 0.6 is 11.3 Å². The van der Waals surface area contributed by atoms with Gasteiger partial charge in [-0.2, -0.15) is 0 Å². The minimum Gasteiger partial charge on any atom is -0.444 e. The zero-order valence-corrected chi connectivity index (χ0v) is 18.3. The van der Waals surface area contributed by atoms with E-state index in [9.17, 15) is 9.59 Å².